The van der Waals surface area contributed by atoms with Gasteiger partial charge in [0, 0.05) is 0 Å². The molecule has 0 spiro atoms. The summed E-state index contributed by atoms with van der Waals surface area (Å²) in [7, 11) is -3.81. The number of hydrogen-bond donors (Lipinski definition) is 2. The first kappa shape index (κ1) is 15.6. The lowest BCUT2D eigenvalue weighted by atomic mass is 10.3. The van der Waals surface area contributed by atoms with E-state index >= 15 is 0 Å². The monoisotopic (exact) mass is 331 g/mol. The van der Waals surface area contributed by atoms with E-state index in [0.717, 1.165) is 11.3 Å². The van der Waals surface area contributed by atoms with Crippen molar-refractivity contribution in [1.82, 2.24) is 4.98 Å². The lowest BCUT2D eigenvalue weighted by Crippen LogP contribution is -2.19. The molecule has 0 aliphatic heterocycles. The number of carbonyl (C=O) groups excluding carboxylic acids is 1. The summed E-state index contributed by atoms with van der Waals surface area (Å²) >= 11 is 0.960. The molecule has 10 heteroatoms. The molecule has 8 nitrogen and oxygen atoms in total. The Labute approximate surface area is 124 Å². The number of ether oxygens (including phenoxy) is 2. The third-order valence-electron chi connectivity index (χ3n) is 2.37. The van der Waals surface area contributed by atoms with Gasteiger partial charge < -0.3 is 15.2 Å². The number of sulfonamides is 1. The molecule has 1 aromatic heterocycles. The van der Waals surface area contributed by atoms with Gasteiger partial charge in [0.25, 0.3) is 10.0 Å². The number of rotatable bonds is 6. The van der Waals surface area contributed by atoms with Crippen molar-refractivity contribution < 1.29 is 22.7 Å². The van der Waals surface area contributed by atoms with Crippen molar-refractivity contribution in [2.75, 3.05) is 19.8 Å². The lowest BCUT2D eigenvalue weighted by molar-refractivity contribution is -0.142. The molecular weight excluding hydrogens is 318 g/mol. The number of esters is 1. The normalized spacial score (nSPS) is 11.5. The average molecular weight is 331 g/mol. The maximum Gasteiger partial charge on any atom is 0.319 e. The van der Waals surface area contributed by atoms with Crippen LogP contribution >= 0.6 is 11.3 Å². The van der Waals surface area contributed by atoms with Gasteiger partial charge in [-0.2, -0.15) is 0 Å². The number of aromatic nitrogens is 1. The molecule has 1 heterocycles. The Bertz CT molecular complexity index is 756. The number of hydrogen-bond acceptors (Lipinski definition) is 8. The van der Waals surface area contributed by atoms with E-state index < -0.39 is 16.0 Å². The number of thiazole rings is 1. The van der Waals surface area contributed by atoms with E-state index in [0.29, 0.717) is 16.0 Å². The molecule has 0 bridgehead atoms. The summed E-state index contributed by atoms with van der Waals surface area (Å²) < 4.78 is 33.1. The Morgan fingerprint density at radius 1 is 1.33 bits per heavy atom. The van der Waals surface area contributed by atoms with Gasteiger partial charge in [0.2, 0.25) is 4.34 Å². The number of nitrogens with two attached hydrogens (primary N) is 2. The van der Waals surface area contributed by atoms with Crippen LogP contribution < -0.4 is 15.6 Å². The first-order valence-electron chi connectivity index (χ1n) is 5.82. The van der Waals surface area contributed by atoms with Gasteiger partial charge in [0.05, 0.1) is 16.8 Å². The first-order valence-corrected chi connectivity index (χ1v) is 8.18. The fraction of sp³-hybridized carbons (Fsp3) is 0.273. The van der Waals surface area contributed by atoms with Crippen molar-refractivity contribution in [2.24, 2.45) is 10.9 Å². The van der Waals surface area contributed by atoms with E-state index in [1.165, 1.54) is 0 Å². The molecule has 0 amide bonds. The molecule has 0 aliphatic carbocycles. The van der Waals surface area contributed by atoms with E-state index in [-0.39, 0.29) is 24.1 Å². The van der Waals surface area contributed by atoms with Crippen molar-refractivity contribution in [1.29, 1.82) is 0 Å². The van der Waals surface area contributed by atoms with Gasteiger partial charge in [-0.25, -0.2) is 18.5 Å². The predicted octanol–water partition coefficient (Wildman–Crippen LogP) is -0.176. The number of carbonyl (C=O) groups is 1. The van der Waals surface area contributed by atoms with E-state index in [4.69, 9.17) is 20.3 Å². The molecule has 4 N–H and O–H groups in total. The van der Waals surface area contributed by atoms with Crippen LogP contribution in [0.4, 0.5) is 0 Å². The molecular formula is C11H13N3O5S2. The molecule has 21 heavy (non-hydrogen) atoms. The second kappa shape index (κ2) is 6.35. The predicted molar refractivity (Wildman–Crippen MR) is 76.5 cm³/mol. The molecule has 0 saturated carbocycles. The van der Waals surface area contributed by atoms with E-state index in [1.54, 1.807) is 18.2 Å². The molecule has 0 aliphatic rings. The van der Waals surface area contributed by atoms with Gasteiger partial charge in [-0.1, -0.05) is 0 Å². The minimum atomic E-state index is -3.81. The summed E-state index contributed by atoms with van der Waals surface area (Å²) in [6, 6.07) is 4.91. The summed E-state index contributed by atoms with van der Waals surface area (Å²) in [5.74, 6) is 0.00483. The highest BCUT2D eigenvalue weighted by molar-refractivity contribution is 7.91. The van der Waals surface area contributed by atoms with Crippen LogP contribution in [-0.4, -0.2) is 39.1 Å². The molecule has 0 radical (unpaired) electrons. The van der Waals surface area contributed by atoms with Crippen LogP contribution in [0.15, 0.2) is 22.5 Å². The highest BCUT2D eigenvalue weighted by Crippen LogP contribution is 2.28. The van der Waals surface area contributed by atoms with Crippen molar-refractivity contribution in [3.8, 4) is 5.75 Å². The lowest BCUT2D eigenvalue weighted by Gasteiger charge is -2.06. The zero-order chi connectivity index (χ0) is 15.5. The van der Waals surface area contributed by atoms with Crippen LogP contribution in [-0.2, 0) is 19.6 Å². The van der Waals surface area contributed by atoms with Gasteiger partial charge >= 0.3 is 5.97 Å². The van der Waals surface area contributed by atoms with Gasteiger partial charge in [-0.15, -0.1) is 11.3 Å². The number of fused-ring (bicyclic) bond motifs is 1. The van der Waals surface area contributed by atoms with Crippen LogP contribution in [0, 0.1) is 0 Å². The zero-order valence-corrected chi connectivity index (χ0v) is 12.4. The van der Waals surface area contributed by atoms with Crippen LogP contribution in [0.1, 0.15) is 0 Å². The largest absolute Gasteiger partial charge is 0.490 e. The first-order chi connectivity index (χ1) is 9.90. The summed E-state index contributed by atoms with van der Waals surface area (Å²) in [5.41, 5.74) is 5.60. The minimum absolute atomic E-state index is 0.0825. The molecule has 1 aromatic carbocycles. The maximum atomic E-state index is 11.2. The second-order valence-corrected chi connectivity index (χ2v) is 6.69. The number of benzene rings is 1. The Kier molecular flexibility index (Phi) is 4.73. The van der Waals surface area contributed by atoms with Crippen LogP contribution in [0.5, 0.6) is 5.75 Å². The van der Waals surface area contributed by atoms with Gasteiger partial charge in [0.1, 0.15) is 19.0 Å². The molecule has 2 aromatic rings. The molecule has 0 unspecified atom stereocenters. The SMILES string of the molecule is NCC(=O)OCCOc1ccc2nc(S(N)(=O)=O)sc2c1. The van der Waals surface area contributed by atoms with Crippen molar-refractivity contribution in [2.45, 2.75) is 4.34 Å². The number of nitrogens with zero attached hydrogens (tertiary/aromatic N) is 1. The third kappa shape index (κ3) is 4.11. The second-order valence-electron chi connectivity index (χ2n) is 3.93. The molecule has 114 valence electrons. The van der Waals surface area contributed by atoms with Gasteiger partial charge in [-0.3, -0.25) is 4.79 Å². The quantitative estimate of drug-likeness (QED) is 0.554. The standard InChI is InChI=1S/C11H13N3O5S2/c12-6-10(15)19-4-3-18-7-1-2-8-9(5-7)20-11(14-8)21(13,16)17/h1-2,5H,3-4,6,12H2,(H2,13,16,17). The van der Waals surface area contributed by atoms with E-state index in [2.05, 4.69) is 4.98 Å². The molecule has 2 rings (SSSR count). The number of primary sulfonamides is 1. The Hall–Kier alpha value is -1.75. The summed E-state index contributed by atoms with van der Waals surface area (Å²) in [5, 5.41) is 5.03. The molecule has 0 atom stereocenters. The van der Waals surface area contributed by atoms with Crippen LogP contribution in [0.2, 0.25) is 0 Å². The Morgan fingerprint density at radius 2 is 2.10 bits per heavy atom. The highest BCUT2D eigenvalue weighted by Gasteiger charge is 2.14. The smallest absolute Gasteiger partial charge is 0.319 e. The topological polar surface area (TPSA) is 135 Å². The zero-order valence-electron chi connectivity index (χ0n) is 10.8. The molecule has 0 saturated heterocycles. The average Bonchev–Trinajstić information content (AvgIpc) is 2.86. The fourth-order valence-corrected chi connectivity index (χ4v) is 3.15. The summed E-state index contributed by atoms with van der Waals surface area (Å²) in [6.07, 6.45) is 0. The Morgan fingerprint density at radius 3 is 2.76 bits per heavy atom. The summed E-state index contributed by atoms with van der Waals surface area (Å²) in [6.45, 7) is 0.0699. The van der Waals surface area contributed by atoms with Crippen molar-refractivity contribution in [3.05, 3.63) is 18.2 Å². The minimum Gasteiger partial charge on any atom is -0.490 e. The van der Waals surface area contributed by atoms with Crippen molar-refractivity contribution >= 4 is 37.5 Å². The summed E-state index contributed by atoms with van der Waals surface area (Å²) in [4.78, 5) is 14.7. The van der Waals surface area contributed by atoms with Crippen LogP contribution in [0.3, 0.4) is 0 Å². The Balaban J connectivity index is 2.04. The van der Waals surface area contributed by atoms with E-state index in [9.17, 15) is 13.2 Å². The van der Waals surface area contributed by atoms with Crippen LogP contribution in [0.25, 0.3) is 10.2 Å². The molecule has 0 fully saturated rings. The third-order valence-corrected chi connectivity index (χ3v) is 4.70. The van der Waals surface area contributed by atoms with Gasteiger partial charge in [-0.05, 0) is 18.2 Å². The fourth-order valence-electron chi connectivity index (χ4n) is 1.47. The maximum absolute atomic E-state index is 11.2. The van der Waals surface area contributed by atoms with Crippen molar-refractivity contribution in [3.63, 3.8) is 0 Å². The van der Waals surface area contributed by atoms with E-state index in [1.807, 2.05) is 0 Å². The highest BCUT2D eigenvalue weighted by atomic mass is 32.2. The van der Waals surface area contributed by atoms with Gasteiger partial charge in [0.15, 0.2) is 0 Å².